The minimum Gasteiger partial charge on any atom is -0.494 e. The first-order valence-corrected chi connectivity index (χ1v) is 11.6. The second kappa shape index (κ2) is 7.88. The Kier molecular flexibility index (Phi) is 5.08. The highest BCUT2D eigenvalue weighted by Gasteiger charge is 2.22. The van der Waals surface area contributed by atoms with E-state index in [2.05, 4.69) is 10.1 Å². The van der Waals surface area contributed by atoms with Gasteiger partial charge in [-0.05, 0) is 56.0 Å². The Bertz CT molecular complexity index is 1270. The number of hydrogen-bond acceptors (Lipinski definition) is 8. The molecule has 1 aliphatic carbocycles. The Balaban J connectivity index is 1.35. The van der Waals surface area contributed by atoms with Crippen LogP contribution in [0.5, 0.6) is 5.75 Å². The summed E-state index contributed by atoms with van der Waals surface area (Å²) in [6, 6.07) is 7.58. The predicted molar refractivity (Wildman–Crippen MR) is 117 cm³/mol. The summed E-state index contributed by atoms with van der Waals surface area (Å²) in [6.07, 6.45) is 3.16. The number of thioether (sulfide) groups is 1. The number of benzene rings is 1. The fourth-order valence-corrected chi connectivity index (χ4v) is 5.77. The quantitative estimate of drug-likeness (QED) is 0.328. The molecule has 9 heteroatoms. The summed E-state index contributed by atoms with van der Waals surface area (Å²) < 4.78 is 12.5. The van der Waals surface area contributed by atoms with E-state index >= 15 is 0 Å². The molecular weight excluding hydrogens is 420 g/mol. The molecule has 3 aromatic heterocycles. The smallest absolute Gasteiger partial charge is 0.262 e. The molecule has 0 amide bonds. The SMILES string of the molecule is CCOc1ccc(-c2noc(CSc3nc4sc5c(c4c(=O)n3C)CCC5)n2)cc1. The van der Waals surface area contributed by atoms with Crippen molar-refractivity contribution in [2.75, 3.05) is 6.61 Å². The van der Waals surface area contributed by atoms with Crippen molar-refractivity contribution in [2.45, 2.75) is 37.1 Å². The van der Waals surface area contributed by atoms with E-state index in [9.17, 15) is 4.79 Å². The third-order valence-corrected chi connectivity index (χ3v) is 7.32. The standard InChI is InChI=1S/C21H20N4O3S2/c1-3-27-13-9-7-12(8-10-13)18-22-16(28-24-18)11-29-21-23-19-17(20(26)25(21)2)14-5-4-6-15(14)30-19/h7-10H,3-6,11H2,1-2H3. The lowest BCUT2D eigenvalue weighted by atomic mass is 10.2. The Labute approximate surface area is 181 Å². The number of aromatic nitrogens is 4. The molecule has 1 aliphatic rings. The maximum Gasteiger partial charge on any atom is 0.262 e. The first kappa shape index (κ1) is 19.3. The minimum atomic E-state index is 0.0301. The molecule has 3 heterocycles. The molecule has 0 fully saturated rings. The molecule has 0 atom stereocenters. The molecule has 7 nitrogen and oxygen atoms in total. The van der Waals surface area contributed by atoms with Crippen LogP contribution in [0, 0.1) is 0 Å². The van der Waals surface area contributed by atoms with Crippen molar-refractivity contribution in [3.8, 4) is 17.1 Å². The Morgan fingerprint density at radius 1 is 1.23 bits per heavy atom. The largest absolute Gasteiger partial charge is 0.494 e. The highest BCUT2D eigenvalue weighted by molar-refractivity contribution is 7.98. The van der Waals surface area contributed by atoms with Gasteiger partial charge in [-0.3, -0.25) is 9.36 Å². The Morgan fingerprint density at radius 3 is 2.87 bits per heavy atom. The van der Waals surface area contributed by atoms with Crippen LogP contribution < -0.4 is 10.3 Å². The summed E-state index contributed by atoms with van der Waals surface area (Å²) in [4.78, 5) is 24.3. The van der Waals surface area contributed by atoms with Crippen LogP contribution in [0.15, 0.2) is 38.7 Å². The fourth-order valence-electron chi connectivity index (χ4n) is 3.66. The molecule has 30 heavy (non-hydrogen) atoms. The average molecular weight is 441 g/mol. The lowest BCUT2D eigenvalue weighted by Crippen LogP contribution is -2.20. The molecule has 0 saturated carbocycles. The van der Waals surface area contributed by atoms with E-state index in [4.69, 9.17) is 14.2 Å². The summed E-state index contributed by atoms with van der Waals surface area (Å²) in [5.74, 6) is 2.27. The Hall–Kier alpha value is -2.65. The minimum absolute atomic E-state index is 0.0301. The van der Waals surface area contributed by atoms with Gasteiger partial charge < -0.3 is 9.26 Å². The molecule has 0 N–H and O–H groups in total. The maximum absolute atomic E-state index is 12.9. The number of fused-ring (bicyclic) bond motifs is 3. The number of thiophene rings is 1. The molecule has 0 aliphatic heterocycles. The van der Waals surface area contributed by atoms with E-state index in [0.29, 0.717) is 29.2 Å². The molecule has 0 bridgehead atoms. The van der Waals surface area contributed by atoms with E-state index in [1.54, 1.807) is 23.0 Å². The van der Waals surface area contributed by atoms with Crippen molar-refractivity contribution in [3.63, 3.8) is 0 Å². The fraction of sp³-hybridized carbons (Fsp3) is 0.333. The molecule has 0 spiro atoms. The molecule has 0 saturated heterocycles. The number of aryl methyl sites for hydroxylation is 2. The van der Waals surface area contributed by atoms with E-state index in [0.717, 1.165) is 40.8 Å². The van der Waals surface area contributed by atoms with Crippen molar-refractivity contribution in [1.29, 1.82) is 0 Å². The van der Waals surface area contributed by atoms with E-state index in [1.165, 1.54) is 22.2 Å². The van der Waals surface area contributed by atoms with Crippen molar-refractivity contribution < 1.29 is 9.26 Å². The number of rotatable bonds is 6. The predicted octanol–water partition coefficient (Wildman–Crippen LogP) is 4.22. The molecule has 5 rings (SSSR count). The number of nitrogens with zero attached hydrogens (tertiary/aromatic N) is 4. The van der Waals surface area contributed by atoms with Crippen molar-refractivity contribution in [3.05, 3.63) is 51.0 Å². The summed E-state index contributed by atoms with van der Waals surface area (Å²) in [5, 5.41) is 5.53. The van der Waals surface area contributed by atoms with Crippen LogP contribution in [-0.4, -0.2) is 26.3 Å². The first-order valence-electron chi connectivity index (χ1n) is 9.84. The summed E-state index contributed by atoms with van der Waals surface area (Å²) in [5.41, 5.74) is 2.09. The zero-order chi connectivity index (χ0) is 20.7. The van der Waals surface area contributed by atoms with Gasteiger partial charge in [0, 0.05) is 17.5 Å². The van der Waals surface area contributed by atoms with E-state index in [-0.39, 0.29) is 5.56 Å². The van der Waals surface area contributed by atoms with Crippen LogP contribution in [0.1, 0.15) is 29.7 Å². The average Bonchev–Trinajstić information content (AvgIpc) is 3.46. The van der Waals surface area contributed by atoms with Crippen LogP contribution in [-0.2, 0) is 25.6 Å². The lowest BCUT2D eigenvalue weighted by molar-refractivity contribution is 0.340. The molecule has 154 valence electrons. The Morgan fingerprint density at radius 2 is 2.07 bits per heavy atom. The van der Waals surface area contributed by atoms with Gasteiger partial charge in [-0.2, -0.15) is 4.98 Å². The van der Waals surface area contributed by atoms with Gasteiger partial charge >= 0.3 is 0 Å². The van der Waals surface area contributed by atoms with Gasteiger partial charge in [0.1, 0.15) is 10.6 Å². The van der Waals surface area contributed by atoms with Crippen LogP contribution >= 0.6 is 23.1 Å². The highest BCUT2D eigenvalue weighted by atomic mass is 32.2. The van der Waals surface area contributed by atoms with Crippen LogP contribution in [0.4, 0.5) is 0 Å². The van der Waals surface area contributed by atoms with Gasteiger partial charge in [0.15, 0.2) is 5.16 Å². The number of ether oxygens (including phenoxy) is 1. The second-order valence-electron chi connectivity index (χ2n) is 7.05. The van der Waals surface area contributed by atoms with Gasteiger partial charge in [0.2, 0.25) is 11.7 Å². The van der Waals surface area contributed by atoms with Gasteiger partial charge in [0.25, 0.3) is 5.56 Å². The van der Waals surface area contributed by atoms with Gasteiger partial charge in [0.05, 0.1) is 17.7 Å². The first-order chi connectivity index (χ1) is 14.6. The van der Waals surface area contributed by atoms with Gasteiger partial charge in [-0.15, -0.1) is 11.3 Å². The molecule has 0 radical (unpaired) electrons. The normalized spacial score (nSPS) is 13.1. The third kappa shape index (κ3) is 3.41. The molecular formula is C21H20N4O3S2. The zero-order valence-corrected chi connectivity index (χ0v) is 18.3. The van der Waals surface area contributed by atoms with Crippen molar-refractivity contribution in [2.24, 2.45) is 7.05 Å². The van der Waals surface area contributed by atoms with E-state index < -0.39 is 0 Å². The zero-order valence-electron chi connectivity index (χ0n) is 16.7. The maximum atomic E-state index is 12.9. The highest BCUT2D eigenvalue weighted by Crippen LogP contribution is 2.35. The summed E-state index contributed by atoms with van der Waals surface area (Å²) >= 11 is 3.08. The topological polar surface area (TPSA) is 83.0 Å². The van der Waals surface area contributed by atoms with Crippen molar-refractivity contribution >= 4 is 33.3 Å². The van der Waals surface area contributed by atoms with Gasteiger partial charge in [-0.25, -0.2) is 4.98 Å². The summed E-state index contributed by atoms with van der Waals surface area (Å²) in [6.45, 7) is 2.57. The van der Waals surface area contributed by atoms with E-state index in [1.807, 2.05) is 31.2 Å². The third-order valence-electron chi connectivity index (χ3n) is 5.12. The monoisotopic (exact) mass is 440 g/mol. The second-order valence-corrected chi connectivity index (χ2v) is 9.08. The van der Waals surface area contributed by atoms with Crippen LogP contribution in [0.25, 0.3) is 21.6 Å². The van der Waals surface area contributed by atoms with Crippen LogP contribution in [0.3, 0.4) is 0 Å². The molecule has 0 unspecified atom stereocenters. The number of hydrogen-bond donors (Lipinski definition) is 0. The molecule has 4 aromatic rings. The lowest BCUT2D eigenvalue weighted by Gasteiger charge is -2.06. The van der Waals surface area contributed by atoms with Gasteiger partial charge in [-0.1, -0.05) is 16.9 Å². The van der Waals surface area contributed by atoms with Crippen LogP contribution in [0.2, 0.25) is 0 Å². The van der Waals surface area contributed by atoms with Crippen molar-refractivity contribution in [1.82, 2.24) is 19.7 Å². The summed E-state index contributed by atoms with van der Waals surface area (Å²) in [7, 11) is 1.77. The molecule has 1 aromatic carbocycles.